The molecule has 0 aliphatic carbocycles. The maximum atomic E-state index is 14.6. The summed E-state index contributed by atoms with van der Waals surface area (Å²) in [5, 5.41) is 7.72. The third kappa shape index (κ3) is 1.77. The predicted octanol–water partition coefficient (Wildman–Crippen LogP) is 1.49. The first kappa shape index (κ1) is 10.7. The molecular weight excluding hydrogens is 231 g/mol. The average molecular weight is 251 g/mol. The van der Waals surface area contributed by atoms with Crippen molar-refractivity contribution < 1.29 is 5.76 Å². The van der Waals surface area contributed by atoms with E-state index < -0.39 is 6.17 Å². The quantitative estimate of drug-likeness (QED) is 0.797. The molecule has 0 spiro atoms. The first-order valence-electron chi connectivity index (χ1n) is 6.97. The van der Waals surface area contributed by atoms with Crippen LogP contribution in [0.15, 0.2) is 18.3 Å². The average Bonchev–Trinajstić information content (AvgIpc) is 2.66. The molecule has 0 unspecified atom stereocenters. The zero-order valence-electron chi connectivity index (χ0n) is 11.8. The van der Waals surface area contributed by atoms with Gasteiger partial charge in [0.05, 0.1) is 7.41 Å². The maximum absolute atomic E-state index is 14.6. The van der Waals surface area contributed by atoms with Crippen molar-refractivity contribution in [3.8, 4) is 0 Å². The van der Waals surface area contributed by atoms with Crippen molar-refractivity contribution in [2.75, 3.05) is 19.0 Å². The fraction of sp³-hybridized carbons (Fsp3) is 0.692. The molecular formula is C13H19FN4. The van der Waals surface area contributed by atoms with Crippen LogP contribution in [-0.2, 0) is 0 Å². The second kappa shape index (κ2) is 4.46. The summed E-state index contributed by atoms with van der Waals surface area (Å²) in [5.74, 6) is 0.646. The molecule has 2 fully saturated rings. The molecule has 3 rings (SSSR count). The van der Waals surface area contributed by atoms with Gasteiger partial charge in [0.2, 0.25) is 0 Å². The van der Waals surface area contributed by atoms with E-state index >= 15 is 0 Å². The van der Waals surface area contributed by atoms with E-state index in [1.54, 1.807) is 12.1 Å². The first-order valence-corrected chi connectivity index (χ1v) is 6.47. The van der Waals surface area contributed by atoms with Crippen molar-refractivity contribution >= 4 is 5.82 Å². The molecule has 3 heterocycles. The van der Waals surface area contributed by atoms with Gasteiger partial charge in [-0.05, 0) is 38.4 Å². The molecule has 0 aromatic carbocycles. The Balaban J connectivity index is 1.80. The molecule has 0 N–H and O–H groups in total. The molecule has 1 aromatic heterocycles. The van der Waals surface area contributed by atoms with E-state index in [9.17, 15) is 4.39 Å². The maximum Gasteiger partial charge on any atom is 0.151 e. The van der Waals surface area contributed by atoms with Crippen molar-refractivity contribution in [1.82, 2.24) is 15.1 Å². The van der Waals surface area contributed by atoms with Gasteiger partial charge in [0.1, 0.15) is 6.17 Å². The minimum atomic E-state index is -0.855. The van der Waals surface area contributed by atoms with Gasteiger partial charge in [-0.2, -0.15) is 5.10 Å². The summed E-state index contributed by atoms with van der Waals surface area (Å²) in [6.07, 6.45) is 2.14. The molecule has 0 radical (unpaired) electrons. The van der Waals surface area contributed by atoms with E-state index in [1.165, 1.54) is 0 Å². The lowest BCUT2D eigenvalue weighted by Crippen LogP contribution is -2.56. The minimum absolute atomic E-state index is 0.0367. The van der Waals surface area contributed by atoms with Gasteiger partial charge in [-0.25, -0.2) is 4.39 Å². The Morgan fingerprint density at radius 2 is 2.39 bits per heavy atom. The van der Waals surface area contributed by atoms with E-state index in [0.717, 1.165) is 19.3 Å². The Morgan fingerprint density at radius 3 is 3.11 bits per heavy atom. The molecule has 0 amide bonds. The van der Waals surface area contributed by atoms with Crippen LogP contribution in [0, 0.1) is 0 Å². The fourth-order valence-corrected chi connectivity index (χ4v) is 3.36. The number of fused-ring (bicyclic) bond motifs is 2. The summed E-state index contributed by atoms with van der Waals surface area (Å²) in [7, 11) is 3.90. The largest absolute Gasteiger partial charge is 0.352 e. The molecule has 98 valence electrons. The van der Waals surface area contributed by atoms with Crippen LogP contribution in [0.1, 0.15) is 20.6 Å². The Bertz CT molecular complexity index is 454. The van der Waals surface area contributed by atoms with Crippen LogP contribution in [-0.4, -0.2) is 53.5 Å². The number of piperidine rings is 1. The Labute approximate surface area is 108 Å². The highest BCUT2D eigenvalue weighted by Crippen LogP contribution is 2.38. The van der Waals surface area contributed by atoms with Crippen molar-refractivity contribution in [3.05, 3.63) is 18.3 Å². The van der Waals surface area contributed by atoms with Gasteiger partial charge in [0, 0.05) is 25.3 Å². The lowest BCUT2D eigenvalue weighted by atomic mass is 9.95. The van der Waals surface area contributed by atoms with Gasteiger partial charge in [0.15, 0.2) is 5.82 Å². The summed E-state index contributed by atoms with van der Waals surface area (Å²) in [4.78, 5) is 4.07. The molecule has 2 bridgehead atoms. The number of anilines is 1. The number of aromatic nitrogens is 2. The molecule has 0 saturated carbocycles. The Morgan fingerprint density at radius 1 is 1.56 bits per heavy atom. The topological polar surface area (TPSA) is 32.3 Å². The van der Waals surface area contributed by atoms with Crippen molar-refractivity contribution in [2.45, 2.75) is 43.6 Å². The zero-order valence-corrected chi connectivity index (χ0v) is 10.8. The molecule has 18 heavy (non-hydrogen) atoms. The third-order valence-electron chi connectivity index (χ3n) is 4.52. The van der Waals surface area contributed by atoms with E-state index in [-0.39, 0.29) is 18.3 Å². The lowest BCUT2D eigenvalue weighted by Gasteiger charge is -2.43. The van der Waals surface area contributed by atoms with Crippen LogP contribution < -0.4 is 4.90 Å². The predicted molar refractivity (Wildman–Crippen MR) is 68.3 cm³/mol. The molecule has 2 aliphatic heterocycles. The Kier molecular flexibility index (Phi) is 2.64. The lowest BCUT2D eigenvalue weighted by molar-refractivity contribution is 0.0701. The highest BCUT2D eigenvalue weighted by Gasteiger charge is 2.47. The summed E-state index contributed by atoms with van der Waals surface area (Å²) in [5.41, 5.74) is 0. The number of alkyl halides is 1. The molecule has 2 aliphatic rings. The van der Waals surface area contributed by atoms with Gasteiger partial charge in [-0.15, -0.1) is 5.10 Å². The first-order chi connectivity index (χ1) is 9.08. The summed E-state index contributed by atoms with van der Waals surface area (Å²) < 4.78 is 22.0. The SMILES string of the molecule is [2H]c1ccc(N(C)[C@@H]2C[C@H]3CC[C@@H]([C@@H]2F)N3C)nn1. The molecule has 4 nitrogen and oxygen atoms in total. The second-order valence-corrected chi connectivity index (χ2v) is 5.34. The Hall–Kier alpha value is -1.23. The van der Waals surface area contributed by atoms with E-state index in [2.05, 4.69) is 15.1 Å². The molecule has 1 aromatic rings. The van der Waals surface area contributed by atoms with Crippen molar-refractivity contribution in [2.24, 2.45) is 0 Å². The van der Waals surface area contributed by atoms with Crippen LogP contribution in [0.2, 0.25) is 0 Å². The van der Waals surface area contributed by atoms with Gasteiger partial charge in [0.25, 0.3) is 0 Å². The standard InChI is InChI=1S/C13H19FN4/c1-17-9-5-6-10(17)13(14)11(8-9)18(2)12-4-3-7-15-16-12/h3-4,7,9-11,13H,5-6,8H2,1-2H3/t9-,10+,11-,13+/m1/s1/i7D. The third-order valence-corrected chi connectivity index (χ3v) is 4.52. The number of halogens is 1. The van der Waals surface area contributed by atoms with Crippen LogP contribution in [0.3, 0.4) is 0 Å². The number of hydrogen-bond donors (Lipinski definition) is 0. The van der Waals surface area contributed by atoms with Crippen molar-refractivity contribution in [1.29, 1.82) is 0 Å². The van der Waals surface area contributed by atoms with Crippen LogP contribution >= 0.6 is 0 Å². The van der Waals surface area contributed by atoms with Crippen LogP contribution in [0.5, 0.6) is 0 Å². The second-order valence-electron chi connectivity index (χ2n) is 5.34. The van der Waals surface area contributed by atoms with Gasteiger partial charge < -0.3 is 4.90 Å². The van der Waals surface area contributed by atoms with E-state index in [1.807, 2.05) is 19.0 Å². The smallest absolute Gasteiger partial charge is 0.151 e. The minimum Gasteiger partial charge on any atom is -0.352 e. The van der Waals surface area contributed by atoms with E-state index in [0.29, 0.717) is 11.9 Å². The highest BCUT2D eigenvalue weighted by atomic mass is 19.1. The summed E-state index contributed by atoms with van der Waals surface area (Å²) in [6.45, 7) is 0. The molecule has 2 saturated heterocycles. The summed E-state index contributed by atoms with van der Waals surface area (Å²) in [6, 6.07) is 3.71. The molecule has 5 heteroatoms. The number of hydrogen-bond acceptors (Lipinski definition) is 4. The highest BCUT2D eigenvalue weighted by molar-refractivity contribution is 5.38. The van der Waals surface area contributed by atoms with Crippen molar-refractivity contribution in [3.63, 3.8) is 0 Å². The van der Waals surface area contributed by atoms with E-state index in [4.69, 9.17) is 1.37 Å². The zero-order chi connectivity index (χ0) is 13.6. The normalized spacial score (nSPS) is 36.5. The van der Waals surface area contributed by atoms with Crippen LogP contribution in [0.4, 0.5) is 10.2 Å². The summed E-state index contributed by atoms with van der Waals surface area (Å²) >= 11 is 0. The fourth-order valence-electron chi connectivity index (χ4n) is 3.36. The number of rotatable bonds is 2. The monoisotopic (exact) mass is 251 g/mol. The number of nitrogens with zero attached hydrogens (tertiary/aromatic N) is 4. The van der Waals surface area contributed by atoms with Gasteiger partial charge in [-0.1, -0.05) is 0 Å². The molecule has 4 atom stereocenters. The van der Waals surface area contributed by atoms with Gasteiger partial charge >= 0.3 is 0 Å². The van der Waals surface area contributed by atoms with Gasteiger partial charge in [-0.3, -0.25) is 4.90 Å². The van der Waals surface area contributed by atoms with Crippen LogP contribution in [0.25, 0.3) is 0 Å².